The molecule has 1 aromatic heterocycles. The molecular weight excluding hydrogens is 313 g/mol. The van der Waals surface area contributed by atoms with Crippen LogP contribution in [0.2, 0.25) is 0 Å². The van der Waals surface area contributed by atoms with Gasteiger partial charge in [-0.05, 0) is 0 Å². The van der Waals surface area contributed by atoms with E-state index in [1.165, 1.54) is 6.20 Å². The summed E-state index contributed by atoms with van der Waals surface area (Å²) in [6.45, 7) is 0.561. The van der Waals surface area contributed by atoms with E-state index in [1.807, 2.05) is 0 Å². The molecule has 2 rings (SSSR count). The Morgan fingerprint density at radius 1 is 1.57 bits per heavy atom. The van der Waals surface area contributed by atoms with Gasteiger partial charge < -0.3 is 15.4 Å². The van der Waals surface area contributed by atoms with Crippen molar-refractivity contribution >= 4 is 24.0 Å². The van der Waals surface area contributed by atoms with Crippen LogP contribution in [0.15, 0.2) is 12.4 Å². The fourth-order valence-electron chi connectivity index (χ4n) is 1.88. The lowest BCUT2D eigenvalue weighted by Crippen LogP contribution is -2.43. The predicted molar refractivity (Wildman–Crippen MR) is 71.4 cm³/mol. The number of anilines is 1. The molecule has 2 N–H and O–H groups in total. The molecule has 1 aromatic rings. The van der Waals surface area contributed by atoms with E-state index in [0.717, 1.165) is 10.9 Å². The minimum Gasteiger partial charge on any atom is -0.378 e. The predicted octanol–water partition coefficient (Wildman–Crippen LogP) is 1.18. The van der Waals surface area contributed by atoms with Crippen molar-refractivity contribution in [3.8, 4) is 0 Å². The van der Waals surface area contributed by atoms with Crippen molar-refractivity contribution in [3.63, 3.8) is 0 Å². The molecule has 1 unspecified atom stereocenters. The molecule has 10 heteroatoms. The summed E-state index contributed by atoms with van der Waals surface area (Å²) < 4.78 is 42.4. The molecule has 0 spiro atoms. The highest BCUT2D eigenvalue weighted by molar-refractivity contribution is 5.90. The van der Waals surface area contributed by atoms with E-state index < -0.39 is 12.7 Å². The van der Waals surface area contributed by atoms with Gasteiger partial charge in [-0.15, -0.1) is 12.4 Å². The zero-order chi connectivity index (χ0) is 14.6. The molecule has 120 valence electrons. The Kier molecular flexibility index (Phi) is 6.43. The summed E-state index contributed by atoms with van der Waals surface area (Å²) in [5.74, 6) is -0.292. The molecule has 1 saturated heterocycles. The number of amides is 1. The smallest absolute Gasteiger partial charge is 0.378 e. The van der Waals surface area contributed by atoms with Gasteiger partial charge in [-0.25, -0.2) is 0 Å². The first-order valence-corrected chi connectivity index (χ1v) is 6.12. The molecule has 2 heterocycles. The lowest BCUT2D eigenvalue weighted by Gasteiger charge is -2.23. The molecule has 0 aliphatic carbocycles. The number of hydrogen-bond donors (Lipinski definition) is 2. The molecule has 1 amide bonds. The Morgan fingerprint density at radius 3 is 2.95 bits per heavy atom. The monoisotopic (exact) mass is 328 g/mol. The summed E-state index contributed by atoms with van der Waals surface area (Å²) in [5, 5.41) is 9.17. The average Bonchev–Trinajstić information content (AvgIpc) is 2.75. The van der Waals surface area contributed by atoms with Gasteiger partial charge in [0.1, 0.15) is 6.54 Å². The molecule has 0 aromatic carbocycles. The van der Waals surface area contributed by atoms with Crippen molar-refractivity contribution in [2.45, 2.75) is 25.2 Å². The van der Waals surface area contributed by atoms with Gasteiger partial charge in [0.2, 0.25) is 5.91 Å². The number of carbonyl (C=O) groups is 1. The maximum atomic E-state index is 12.2. The lowest BCUT2D eigenvalue weighted by atomic mass is 10.2. The first-order chi connectivity index (χ1) is 9.42. The largest absolute Gasteiger partial charge is 0.408 e. The summed E-state index contributed by atoms with van der Waals surface area (Å²) in [4.78, 5) is 11.7. The summed E-state index contributed by atoms with van der Waals surface area (Å²) >= 11 is 0. The number of nitrogens with zero attached hydrogens (tertiary/aromatic N) is 2. The summed E-state index contributed by atoms with van der Waals surface area (Å²) in [6.07, 6.45) is -1.80. The third-order valence-electron chi connectivity index (χ3n) is 2.69. The fourth-order valence-corrected chi connectivity index (χ4v) is 1.88. The van der Waals surface area contributed by atoms with Crippen LogP contribution in [0, 0.1) is 0 Å². The number of ether oxygens (including phenoxy) is 1. The highest BCUT2D eigenvalue weighted by Crippen LogP contribution is 2.18. The molecule has 0 saturated carbocycles. The van der Waals surface area contributed by atoms with Crippen LogP contribution >= 0.6 is 12.4 Å². The van der Waals surface area contributed by atoms with Crippen LogP contribution in [0.3, 0.4) is 0 Å². The van der Waals surface area contributed by atoms with Crippen molar-refractivity contribution < 1.29 is 22.7 Å². The topological polar surface area (TPSA) is 68.2 Å². The minimum atomic E-state index is -4.34. The zero-order valence-corrected chi connectivity index (χ0v) is 11.8. The molecule has 6 nitrogen and oxygen atoms in total. The SMILES string of the molecule is Cl.O=C(CC1COCCN1)Nc1cnn(CC(F)(F)F)c1. The van der Waals surface area contributed by atoms with Gasteiger partial charge in [0.05, 0.1) is 25.1 Å². The van der Waals surface area contributed by atoms with Crippen LogP contribution in [0.1, 0.15) is 6.42 Å². The van der Waals surface area contributed by atoms with Crippen LogP contribution < -0.4 is 10.6 Å². The second-order valence-electron chi connectivity index (χ2n) is 4.52. The standard InChI is InChI=1S/C11H15F3N4O2.ClH/c12-11(13,14)7-18-5-9(4-16-18)17-10(19)3-8-6-20-2-1-15-8;/h4-5,8,15H,1-3,6-7H2,(H,17,19);1H. The van der Waals surface area contributed by atoms with E-state index in [4.69, 9.17) is 4.74 Å². The average molecular weight is 329 g/mol. The highest BCUT2D eigenvalue weighted by Gasteiger charge is 2.28. The Balaban J connectivity index is 0.00000220. The van der Waals surface area contributed by atoms with Crippen molar-refractivity contribution in [1.82, 2.24) is 15.1 Å². The second kappa shape index (κ2) is 7.62. The molecule has 1 aliphatic rings. The number of halogens is 4. The number of aromatic nitrogens is 2. The van der Waals surface area contributed by atoms with Crippen molar-refractivity contribution in [2.75, 3.05) is 25.1 Å². The van der Waals surface area contributed by atoms with Gasteiger partial charge in [0, 0.05) is 25.2 Å². The number of rotatable bonds is 4. The van der Waals surface area contributed by atoms with Crippen LogP contribution in [-0.4, -0.2) is 47.7 Å². The Bertz CT molecular complexity index is 461. The first kappa shape index (κ1) is 17.7. The molecule has 1 aliphatic heterocycles. The Hall–Kier alpha value is -1.32. The Labute approximate surface area is 125 Å². The van der Waals surface area contributed by atoms with Crippen molar-refractivity contribution in [1.29, 1.82) is 0 Å². The van der Waals surface area contributed by atoms with E-state index in [-0.39, 0.29) is 36.5 Å². The van der Waals surface area contributed by atoms with Gasteiger partial charge in [-0.1, -0.05) is 0 Å². The van der Waals surface area contributed by atoms with Crippen LogP contribution in [0.25, 0.3) is 0 Å². The minimum absolute atomic E-state index is 0. The van der Waals surface area contributed by atoms with E-state index in [2.05, 4.69) is 15.7 Å². The molecule has 0 radical (unpaired) electrons. The summed E-state index contributed by atoms with van der Waals surface area (Å²) in [6, 6.07) is -0.0750. The van der Waals surface area contributed by atoms with Gasteiger partial charge in [-0.2, -0.15) is 18.3 Å². The molecule has 1 fully saturated rings. The highest BCUT2D eigenvalue weighted by atomic mass is 35.5. The van der Waals surface area contributed by atoms with Gasteiger partial charge in [-0.3, -0.25) is 9.48 Å². The number of carbonyl (C=O) groups excluding carboxylic acids is 1. The van der Waals surface area contributed by atoms with E-state index in [1.54, 1.807) is 0 Å². The number of morpholine rings is 1. The first-order valence-electron chi connectivity index (χ1n) is 6.12. The molecule has 1 atom stereocenters. The number of hydrogen-bond acceptors (Lipinski definition) is 4. The van der Waals surface area contributed by atoms with Gasteiger partial charge >= 0.3 is 6.18 Å². The lowest BCUT2D eigenvalue weighted by molar-refractivity contribution is -0.142. The molecule has 21 heavy (non-hydrogen) atoms. The quantitative estimate of drug-likeness (QED) is 0.871. The summed E-state index contributed by atoms with van der Waals surface area (Å²) in [7, 11) is 0. The summed E-state index contributed by atoms with van der Waals surface area (Å²) in [5.41, 5.74) is 0.246. The van der Waals surface area contributed by atoms with Crippen LogP contribution in [0.5, 0.6) is 0 Å². The third-order valence-corrected chi connectivity index (χ3v) is 2.69. The number of nitrogens with one attached hydrogen (secondary N) is 2. The van der Waals surface area contributed by atoms with Crippen molar-refractivity contribution in [3.05, 3.63) is 12.4 Å². The number of alkyl halides is 3. The normalized spacial score (nSPS) is 18.9. The molecular formula is C11H16ClF3N4O2. The van der Waals surface area contributed by atoms with E-state index >= 15 is 0 Å². The van der Waals surface area contributed by atoms with E-state index in [9.17, 15) is 18.0 Å². The molecule has 0 bridgehead atoms. The Morgan fingerprint density at radius 2 is 2.33 bits per heavy atom. The van der Waals surface area contributed by atoms with Gasteiger partial charge in [0.25, 0.3) is 0 Å². The van der Waals surface area contributed by atoms with E-state index in [0.29, 0.717) is 19.8 Å². The van der Waals surface area contributed by atoms with Crippen molar-refractivity contribution in [2.24, 2.45) is 0 Å². The maximum absolute atomic E-state index is 12.2. The fraction of sp³-hybridized carbons (Fsp3) is 0.636. The third kappa shape index (κ3) is 6.32. The van der Waals surface area contributed by atoms with Crippen LogP contribution in [0.4, 0.5) is 18.9 Å². The second-order valence-corrected chi connectivity index (χ2v) is 4.52. The zero-order valence-electron chi connectivity index (χ0n) is 11.0. The van der Waals surface area contributed by atoms with Gasteiger partial charge in [0.15, 0.2) is 0 Å². The maximum Gasteiger partial charge on any atom is 0.408 e. The van der Waals surface area contributed by atoms with Crippen LogP contribution in [-0.2, 0) is 16.1 Å².